The first kappa shape index (κ1) is 21.4. The third-order valence-electron chi connectivity index (χ3n) is 7.38. The van der Waals surface area contributed by atoms with Gasteiger partial charge in [-0.15, -0.1) is 11.8 Å². The molecule has 1 unspecified atom stereocenters. The van der Waals surface area contributed by atoms with Gasteiger partial charge < -0.3 is 29.6 Å². The van der Waals surface area contributed by atoms with Gasteiger partial charge >= 0.3 is 0 Å². The van der Waals surface area contributed by atoms with E-state index < -0.39 is 5.79 Å². The van der Waals surface area contributed by atoms with Gasteiger partial charge in [0.25, 0.3) is 5.56 Å². The lowest BCUT2D eigenvalue weighted by Gasteiger charge is -2.37. The van der Waals surface area contributed by atoms with Crippen molar-refractivity contribution in [1.29, 1.82) is 0 Å². The number of ether oxygens (including phenoxy) is 2. The van der Waals surface area contributed by atoms with Crippen LogP contribution in [0.3, 0.4) is 0 Å². The lowest BCUT2D eigenvalue weighted by molar-refractivity contribution is -0.406. The summed E-state index contributed by atoms with van der Waals surface area (Å²) in [6, 6.07) is 16.1. The van der Waals surface area contributed by atoms with Crippen LogP contribution in [0.15, 0.2) is 58.2 Å². The van der Waals surface area contributed by atoms with Crippen LogP contribution in [0.2, 0.25) is 0 Å². The molecule has 6 heterocycles. The highest BCUT2D eigenvalue weighted by molar-refractivity contribution is 8.00. The molecule has 1 atom stereocenters. The van der Waals surface area contributed by atoms with Gasteiger partial charge in [0, 0.05) is 29.6 Å². The number of nitrogens with zero attached hydrogens (tertiary/aromatic N) is 2. The molecule has 9 heteroatoms. The quantitative estimate of drug-likeness (QED) is 0.491. The van der Waals surface area contributed by atoms with Crippen molar-refractivity contribution in [2.45, 2.75) is 48.9 Å². The number of rotatable bonds is 7. The highest BCUT2D eigenvalue weighted by Crippen LogP contribution is 2.47. The molecule has 2 bridgehead atoms. The Morgan fingerprint density at radius 2 is 2.03 bits per heavy atom. The van der Waals surface area contributed by atoms with Crippen molar-refractivity contribution in [3.8, 4) is 0 Å². The lowest BCUT2D eigenvalue weighted by atomic mass is 10.1. The van der Waals surface area contributed by atoms with E-state index in [1.54, 1.807) is 17.8 Å². The number of pyridine rings is 1. The smallest absolute Gasteiger partial charge is 0.251 e. The highest BCUT2D eigenvalue weighted by atomic mass is 32.2. The summed E-state index contributed by atoms with van der Waals surface area (Å²) in [5, 5.41) is 7.72. The summed E-state index contributed by atoms with van der Waals surface area (Å²) in [7, 11) is 0. The van der Waals surface area contributed by atoms with Crippen LogP contribution in [-0.4, -0.2) is 41.5 Å². The number of anilines is 2. The Morgan fingerprint density at radius 1 is 1.11 bits per heavy atom. The van der Waals surface area contributed by atoms with Crippen LogP contribution in [-0.2, 0) is 20.8 Å². The van der Waals surface area contributed by atoms with E-state index in [1.165, 1.54) is 5.56 Å². The number of hydrogen-bond acceptors (Lipinski definition) is 7. The number of thioether (sulfide) groups is 1. The standard InChI is InChI=1S/C26H26N4O4S/c31-22-14-35-21-8-7-17(12-19(21)28-22)30-15-26(33-25(30)34-26)10-1-2-11-27-20-13-29-23(32)9-6-16-4-3-5-18(20)24(16)29/h3-9,12,20,25,27H,1-2,10-11,13-15H2,(H,28,31). The van der Waals surface area contributed by atoms with Gasteiger partial charge in [-0.25, -0.2) is 0 Å². The Bertz CT molecular complexity index is 1400. The lowest BCUT2D eigenvalue weighted by Crippen LogP contribution is -2.47. The van der Waals surface area contributed by atoms with Gasteiger partial charge in [-0.3, -0.25) is 9.59 Å². The molecule has 1 amide bonds. The van der Waals surface area contributed by atoms with Crippen LogP contribution in [0.5, 0.6) is 0 Å². The van der Waals surface area contributed by atoms with E-state index in [9.17, 15) is 9.59 Å². The van der Waals surface area contributed by atoms with Gasteiger partial charge in [0.2, 0.25) is 12.3 Å². The van der Waals surface area contributed by atoms with E-state index in [-0.39, 0.29) is 23.9 Å². The predicted octanol–water partition coefficient (Wildman–Crippen LogP) is 3.41. The van der Waals surface area contributed by atoms with Gasteiger partial charge in [-0.2, -0.15) is 0 Å². The van der Waals surface area contributed by atoms with Gasteiger partial charge in [-0.1, -0.05) is 18.2 Å². The van der Waals surface area contributed by atoms with E-state index in [4.69, 9.17) is 9.47 Å². The van der Waals surface area contributed by atoms with Crippen molar-refractivity contribution < 1.29 is 14.3 Å². The molecule has 180 valence electrons. The number of para-hydroxylation sites is 1. The molecule has 3 fully saturated rings. The summed E-state index contributed by atoms with van der Waals surface area (Å²) in [6.45, 7) is 2.24. The third-order valence-corrected chi connectivity index (χ3v) is 8.45. The summed E-state index contributed by atoms with van der Waals surface area (Å²) in [4.78, 5) is 27.3. The van der Waals surface area contributed by atoms with Gasteiger partial charge in [0.1, 0.15) is 0 Å². The summed E-state index contributed by atoms with van der Waals surface area (Å²) in [5.41, 5.74) is 4.19. The first-order valence-corrected chi connectivity index (χ1v) is 13.1. The van der Waals surface area contributed by atoms with Crippen molar-refractivity contribution in [3.05, 3.63) is 64.4 Å². The largest absolute Gasteiger partial charge is 0.324 e. The number of fused-ring (bicyclic) bond motifs is 2. The number of carbonyl (C=O) groups excluding carboxylic acids is 1. The van der Waals surface area contributed by atoms with E-state index in [1.807, 2.05) is 16.7 Å². The minimum Gasteiger partial charge on any atom is -0.324 e. The molecule has 0 saturated carbocycles. The molecule has 5 aliphatic heterocycles. The number of nitrogens with one attached hydrogen (secondary N) is 2. The molecular formula is C26H26N4O4S. The Labute approximate surface area is 206 Å². The molecule has 5 aliphatic rings. The van der Waals surface area contributed by atoms with Crippen molar-refractivity contribution in [3.63, 3.8) is 0 Å². The SMILES string of the molecule is O=C1CSc2ccc(N3CC4(CCCCNC5Cn6c(=O)ccc7cccc5c76)OC3O4)cc2N1. The first-order chi connectivity index (χ1) is 17.1. The molecule has 35 heavy (non-hydrogen) atoms. The maximum atomic E-state index is 12.3. The fourth-order valence-corrected chi connectivity index (χ4v) is 6.46. The average Bonchev–Trinajstić information content (AvgIpc) is 3.52. The van der Waals surface area contributed by atoms with E-state index in [0.717, 1.165) is 53.0 Å². The van der Waals surface area contributed by atoms with Crippen LogP contribution >= 0.6 is 11.8 Å². The number of aromatic nitrogens is 1. The van der Waals surface area contributed by atoms with Crippen molar-refractivity contribution >= 4 is 39.9 Å². The van der Waals surface area contributed by atoms with Crippen LogP contribution in [0.1, 0.15) is 30.9 Å². The van der Waals surface area contributed by atoms with Crippen molar-refractivity contribution in [1.82, 2.24) is 9.88 Å². The van der Waals surface area contributed by atoms with Crippen molar-refractivity contribution in [2.75, 3.05) is 29.1 Å². The Balaban J connectivity index is 0.929. The third kappa shape index (κ3) is 3.57. The molecule has 8 rings (SSSR count). The second-order valence-electron chi connectivity index (χ2n) is 9.63. The summed E-state index contributed by atoms with van der Waals surface area (Å²) in [5.74, 6) is -0.0422. The highest BCUT2D eigenvalue weighted by Gasteiger charge is 2.58. The molecular weight excluding hydrogens is 464 g/mol. The number of amides is 1. The molecule has 3 saturated heterocycles. The van der Waals surface area contributed by atoms with E-state index in [0.29, 0.717) is 18.8 Å². The molecule has 0 radical (unpaired) electrons. The molecule has 3 aromatic rings. The van der Waals surface area contributed by atoms with E-state index >= 15 is 0 Å². The monoisotopic (exact) mass is 490 g/mol. The Kier molecular flexibility index (Phi) is 4.96. The molecule has 8 nitrogen and oxygen atoms in total. The fourth-order valence-electron chi connectivity index (χ4n) is 5.67. The zero-order valence-corrected chi connectivity index (χ0v) is 20.0. The molecule has 2 aromatic carbocycles. The Hall–Kier alpha value is -2.85. The number of carbonyl (C=O) groups is 1. The maximum Gasteiger partial charge on any atom is 0.251 e. The zero-order valence-electron chi connectivity index (χ0n) is 19.2. The molecule has 0 aliphatic carbocycles. The van der Waals surface area contributed by atoms with Crippen LogP contribution in [0.4, 0.5) is 11.4 Å². The van der Waals surface area contributed by atoms with Gasteiger partial charge in [0.05, 0.1) is 29.5 Å². The molecule has 2 N–H and O–H groups in total. The van der Waals surface area contributed by atoms with Crippen molar-refractivity contribution in [2.24, 2.45) is 0 Å². The zero-order chi connectivity index (χ0) is 23.6. The normalized spacial score (nSPS) is 26.1. The number of unbranched alkanes of at least 4 members (excludes halogenated alkanes) is 1. The first-order valence-electron chi connectivity index (χ1n) is 12.1. The second kappa shape index (κ2) is 8.09. The topological polar surface area (TPSA) is 84.8 Å². The second-order valence-corrected chi connectivity index (χ2v) is 10.6. The van der Waals surface area contributed by atoms with Crippen LogP contribution in [0, 0.1) is 0 Å². The summed E-state index contributed by atoms with van der Waals surface area (Å²) in [6.07, 6.45) is 2.46. The molecule has 1 aromatic heterocycles. The van der Waals surface area contributed by atoms with Gasteiger partial charge in [-0.05, 0) is 54.6 Å². The molecule has 0 spiro atoms. The van der Waals surface area contributed by atoms with Gasteiger partial charge in [0.15, 0.2) is 5.79 Å². The van der Waals surface area contributed by atoms with E-state index in [2.05, 4.69) is 45.9 Å². The van der Waals surface area contributed by atoms with Crippen LogP contribution < -0.4 is 21.1 Å². The number of benzene rings is 2. The summed E-state index contributed by atoms with van der Waals surface area (Å²) >= 11 is 1.56. The predicted molar refractivity (Wildman–Crippen MR) is 135 cm³/mol. The minimum absolute atomic E-state index is 0.0354. The Morgan fingerprint density at radius 3 is 2.94 bits per heavy atom. The minimum atomic E-state index is -0.541. The fraction of sp³-hybridized carbons (Fsp3) is 0.385. The number of hydrogen-bond donors (Lipinski definition) is 2. The summed E-state index contributed by atoms with van der Waals surface area (Å²) < 4.78 is 14.1. The maximum absolute atomic E-state index is 12.3. The van der Waals surface area contributed by atoms with Crippen LogP contribution in [0.25, 0.3) is 10.9 Å². The average molecular weight is 491 g/mol.